The first-order valence-corrected chi connectivity index (χ1v) is 8.30. The van der Waals surface area contributed by atoms with Crippen LogP contribution in [0.25, 0.3) is 0 Å². The Hall–Kier alpha value is -3.10. The van der Waals surface area contributed by atoms with Crippen LogP contribution in [0, 0.1) is 6.92 Å². The summed E-state index contributed by atoms with van der Waals surface area (Å²) in [5.41, 5.74) is 0. The van der Waals surface area contributed by atoms with E-state index in [0.29, 0.717) is 23.1 Å². The van der Waals surface area contributed by atoms with Crippen LogP contribution in [0.1, 0.15) is 18.6 Å². The number of para-hydroxylation sites is 2. The first-order valence-electron chi connectivity index (χ1n) is 8.30. The van der Waals surface area contributed by atoms with E-state index in [1.165, 1.54) is 4.90 Å². The molecule has 1 aromatic heterocycles. The molecule has 4 rings (SSSR count). The number of hydrogen-bond donors (Lipinski definition) is 1. The number of benzene rings is 1. The number of carboxylic acid groups (broad SMARTS) is 1. The third kappa shape index (κ3) is 2.56. The van der Waals surface area contributed by atoms with Crippen LogP contribution in [-0.4, -0.2) is 54.9 Å². The van der Waals surface area contributed by atoms with Crippen LogP contribution in [0.15, 0.2) is 24.3 Å². The molecular weight excluding hydrogens is 340 g/mol. The summed E-state index contributed by atoms with van der Waals surface area (Å²) in [4.78, 5) is 26.1. The summed E-state index contributed by atoms with van der Waals surface area (Å²) < 4.78 is 13.3. The van der Waals surface area contributed by atoms with E-state index in [9.17, 15) is 14.7 Å². The van der Waals surface area contributed by atoms with E-state index < -0.39 is 30.1 Å². The lowest BCUT2D eigenvalue weighted by molar-refractivity contribution is -0.159. The van der Waals surface area contributed by atoms with Crippen LogP contribution >= 0.6 is 0 Å². The summed E-state index contributed by atoms with van der Waals surface area (Å²) in [6, 6.07) is 6.06. The number of hydrogen-bond acceptors (Lipinski definition) is 6. The van der Waals surface area contributed by atoms with Gasteiger partial charge in [0, 0.05) is 0 Å². The SMILES string of the molecule is Cc1nnc2n1CC(C(=O)O)N(C(=O)C1Oc3ccccc3OC1C)C2. The molecule has 1 amide bonds. The standard InChI is InChI=1S/C17H18N4O5/c1-9-15(26-13-6-4-3-5-12(13)25-9)16(22)21-8-14-19-18-10(2)20(14)7-11(21)17(23)24/h3-6,9,11,15H,7-8H2,1-2H3,(H,23,24). The first-order chi connectivity index (χ1) is 12.5. The molecule has 0 radical (unpaired) electrons. The minimum Gasteiger partial charge on any atom is -0.482 e. The highest BCUT2D eigenvalue weighted by Crippen LogP contribution is 2.34. The van der Waals surface area contributed by atoms with Crippen molar-refractivity contribution in [2.75, 3.05) is 0 Å². The second-order valence-electron chi connectivity index (χ2n) is 6.40. The largest absolute Gasteiger partial charge is 0.482 e. The van der Waals surface area contributed by atoms with Gasteiger partial charge in [0.1, 0.15) is 18.0 Å². The molecule has 2 aliphatic heterocycles. The molecule has 1 aromatic carbocycles. The molecule has 0 spiro atoms. The lowest BCUT2D eigenvalue weighted by Crippen LogP contribution is -2.57. The number of fused-ring (bicyclic) bond motifs is 2. The Morgan fingerprint density at radius 2 is 1.88 bits per heavy atom. The lowest BCUT2D eigenvalue weighted by atomic mass is 10.1. The Morgan fingerprint density at radius 3 is 2.58 bits per heavy atom. The third-order valence-corrected chi connectivity index (χ3v) is 4.71. The molecule has 9 heteroatoms. The molecule has 136 valence electrons. The molecule has 26 heavy (non-hydrogen) atoms. The monoisotopic (exact) mass is 358 g/mol. The summed E-state index contributed by atoms with van der Waals surface area (Å²) in [6.07, 6.45) is -1.48. The number of aromatic nitrogens is 3. The van der Waals surface area contributed by atoms with Crippen molar-refractivity contribution in [3.05, 3.63) is 35.9 Å². The molecular formula is C17H18N4O5. The zero-order chi connectivity index (χ0) is 18.4. The zero-order valence-electron chi connectivity index (χ0n) is 14.3. The van der Waals surface area contributed by atoms with Gasteiger partial charge < -0.3 is 24.0 Å². The number of nitrogens with zero attached hydrogens (tertiary/aromatic N) is 4. The summed E-state index contributed by atoms with van der Waals surface area (Å²) in [7, 11) is 0. The average Bonchev–Trinajstić information content (AvgIpc) is 2.99. The van der Waals surface area contributed by atoms with E-state index in [4.69, 9.17) is 9.47 Å². The van der Waals surface area contributed by atoms with Crippen molar-refractivity contribution in [1.29, 1.82) is 0 Å². The van der Waals surface area contributed by atoms with E-state index in [0.717, 1.165) is 0 Å². The van der Waals surface area contributed by atoms with Crippen molar-refractivity contribution in [3.63, 3.8) is 0 Å². The van der Waals surface area contributed by atoms with Crippen molar-refractivity contribution in [2.45, 2.75) is 45.2 Å². The summed E-state index contributed by atoms with van der Waals surface area (Å²) in [5, 5.41) is 17.6. The van der Waals surface area contributed by atoms with Crippen LogP contribution in [-0.2, 0) is 22.7 Å². The number of aliphatic carboxylic acids is 1. The topological polar surface area (TPSA) is 107 Å². The van der Waals surface area contributed by atoms with E-state index in [1.807, 2.05) is 6.07 Å². The highest BCUT2D eigenvalue weighted by atomic mass is 16.6. The fraction of sp³-hybridized carbons (Fsp3) is 0.412. The zero-order valence-corrected chi connectivity index (χ0v) is 14.3. The van der Waals surface area contributed by atoms with Gasteiger partial charge >= 0.3 is 5.97 Å². The van der Waals surface area contributed by atoms with Gasteiger partial charge in [-0.3, -0.25) is 4.79 Å². The molecule has 1 N–H and O–H groups in total. The van der Waals surface area contributed by atoms with Crippen LogP contribution in [0.5, 0.6) is 11.5 Å². The molecule has 3 heterocycles. The second kappa shape index (κ2) is 6.01. The Morgan fingerprint density at radius 1 is 1.19 bits per heavy atom. The highest BCUT2D eigenvalue weighted by Gasteiger charge is 2.43. The number of rotatable bonds is 2. The van der Waals surface area contributed by atoms with Crippen LogP contribution < -0.4 is 9.47 Å². The predicted octanol–water partition coefficient (Wildman–Crippen LogP) is 0.610. The number of carboxylic acids is 1. The number of aryl methyl sites for hydroxylation is 1. The molecule has 9 nitrogen and oxygen atoms in total. The van der Waals surface area contributed by atoms with Crippen LogP contribution in [0.3, 0.4) is 0 Å². The Bertz CT molecular complexity index is 880. The van der Waals surface area contributed by atoms with Crippen molar-refractivity contribution in [2.24, 2.45) is 0 Å². The van der Waals surface area contributed by atoms with Gasteiger partial charge in [0.25, 0.3) is 5.91 Å². The summed E-state index contributed by atoms with van der Waals surface area (Å²) >= 11 is 0. The quantitative estimate of drug-likeness (QED) is 0.838. The van der Waals surface area contributed by atoms with Gasteiger partial charge in [0.2, 0.25) is 6.10 Å². The van der Waals surface area contributed by atoms with Crippen molar-refractivity contribution >= 4 is 11.9 Å². The van der Waals surface area contributed by atoms with Gasteiger partial charge in [-0.25, -0.2) is 4.79 Å². The average molecular weight is 358 g/mol. The van der Waals surface area contributed by atoms with E-state index in [1.54, 1.807) is 36.6 Å². The Kier molecular flexibility index (Phi) is 3.78. The molecule has 2 aromatic rings. The minimum atomic E-state index is -1.08. The Labute approximate surface area is 149 Å². The van der Waals surface area contributed by atoms with Gasteiger partial charge in [-0.2, -0.15) is 0 Å². The van der Waals surface area contributed by atoms with Crippen molar-refractivity contribution in [1.82, 2.24) is 19.7 Å². The highest BCUT2D eigenvalue weighted by molar-refractivity contribution is 5.87. The van der Waals surface area contributed by atoms with Crippen LogP contribution in [0.2, 0.25) is 0 Å². The first kappa shape index (κ1) is 16.4. The Balaban J connectivity index is 1.63. The number of carbonyl (C=O) groups is 2. The van der Waals surface area contributed by atoms with Crippen LogP contribution in [0.4, 0.5) is 0 Å². The molecule has 0 fully saturated rings. The predicted molar refractivity (Wildman–Crippen MR) is 87.7 cm³/mol. The third-order valence-electron chi connectivity index (χ3n) is 4.71. The maximum atomic E-state index is 13.1. The van der Waals surface area contributed by atoms with Crippen molar-refractivity contribution in [3.8, 4) is 11.5 Å². The smallest absolute Gasteiger partial charge is 0.328 e. The lowest BCUT2D eigenvalue weighted by Gasteiger charge is -2.38. The molecule has 3 atom stereocenters. The van der Waals surface area contributed by atoms with Crippen molar-refractivity contribution < 1.29 is 24.2 Å². The fourth-order valence-corrected chi connectivity index (χ4v) is 3.31. The molecule has 0 saturated carbocycles. The normalized spacial score (nSPS) is 24.1. The van der Waals surface area contributed by atoms with Gasteiger partial charge in [-0.1, -0.05) is 12.1 Å². The van der Waals surface area contributed by atoms with E-state index >= 15 is 0 Å². The number of ether oxygens (including phenoxy) is 2. The number of amides is 1. The van der Waals surface area contributed by atoms with E-state index in [2.05, 4.69) is 10.2 Å². The van der Waals surface area contributed by atoms with Gasteiger partial charge in [0.05, 0.1) is 13.1 Å². The molecule has 3 unspecified atom stereocenters. The number of carbonyl (C=O) groups excluding carboxylic acids is 1. The molecule has 2 aliphatic rings. The minimum absolute atomic E-state index is 0.0604. The second-order valence-corrected chi connectivity index (χ2v) is 6.40. The summed E-state index contributed by atoms with van der Waals surface area (Å²) in [6.45, 7) is 3.65. The maximum Gasteiger partial charge on any atom is 0.328 e. The maximum absolute atomic E-state index is 13.1. The fourth-order valence-electron chi connectivity index (χ4n) is 3.31. The molecule has 0 bridgehead atoms. The van der Waals surface area contributed by atoms with Gasteiger partial charge in [0.15, 0.2) is 17.3 Å². The molecule has 0 aliphatic carbocycles. The molecule has 0 saturated heterocycles. The van der Waals surface area contributed by atoms with Gasteiger partial charge in [-0.15, -0.1) is 10.2 Å². The van der Waals surface area contributed by atoms with Gasteiger partial charge in [-0.05, 0) is 26.0 Å². The summed E-state index contributed by atoms with van der Waals surface area (Å²) in [5.74, 6) is 0.684. The van der Waals surface area contributed by atoms with E-state index in [-0.39, 0.29) is 13.1 Å².